The van der Waals surface area contributed by atoms with E-state index in [1.807, 2.05) is 0 Å². The molecule has 98 valence electrons. The first kappa shape index (κ1) is 12.5. The normalized spacial score (nSPS) is 13.8. The smallest absolute Gasteiger partial charge is 0.391 e. The third-order valence-corrected chi connectivity index (χ3v) is 2.55. The molecule has 0 aliphatic heterocycles. The third-order valence-electron chi connectivity index (χ3n) is 2.55. The van der Waals surface area contributed by atoms with Crippen molar-refractivity contribution in [2.24, 2.45) is 0 Å². The van der Waals surface area contributed by atoms with Crippen molar-refractivity contribution in [3.63, 3.8) is 0 Å². The minimum Gasteiger partial charge on any atom is -0.397 e. The van der Waals surface area contributed by atoms with Crippen LogP contribution >= 0.6 is 0 Å². The fourth-order valence-corrected chi connectivity index (χ4v) is 1.80. The SMILES string of the molecule is CC(CC(F)(F)F)Nc1cc2[nH]ncc2cc1N. The maximum atomic E-state index is 12.2. The number of nitrogens with zero attached hydrogens (tertiary/aromatic N) is 1. The summed E-state index contributed by atoms with van der Waals surface area (Å²) in [5, 5.41) is 10.2. The van der Waals surface area contributed by atoms with Gasteiger partial charge in [0.1, 0.15) is 0 Å². The van der Waals surface area contributed by atoms with Crippen LogP contribution in [0.3, 0.4) is 0 Å². The molecular formula is C11H13F3N4. The van der Waals surface area contributed by atoms with E-state index in [-0.39, 0.29) is 0 Å². The predicted octanol–water partition coefficient (Wildman–Crippen LogP) is 2.90. The molecule has 18 heavy (non-hydrogen) atoms. The number of hydrogen-bond acceptors (Lipinski definition) is 3. The highest BCUT2D eigenvalue weighted by Gasteiger charge is 2.30. The second-order valence-electron chi connectivity index (χ2n) is 4.26. The van der Waals surface area contributed by atoms with Gasteiger partial charge in [-0.2, -0.15) is 18.3 Å². The van der Waals surface area contributed by atoms with E-state index >= 15 is 0 Å². The molecule has 1 unspecified atom stereocenters. The Kier molecular flexibility index (Phi) is 3.06. The van der Waals surface area contributed by atoms with Crippen molar-refractivity contribution in [3.05, 3.63) is 18.3 Å². The number of aromatic amines is 1. The van der Waals surface area contributed by atoms with Crippen molar-refractivity contribution in [2.45, 2.75) is 25.6 Å². The number of H-pyrrole nitrogens is 1. The molecule has 0 fully saturated rings. The van der Waals surface area contributed by atoms with Crippen LogP contribution in [0.5, 0.6) is 0 Å². The van der Waals surface area contributed by atoms with Gasteiger partial charge in [0, 0.05) is 11.4 Å². The molecular weight excluding hydrogens is 245 g/mol. The molecule has 0 saturated carbocycles. The number of hydrogen-bond donors (Lipinski definition) is 3. The fraction of sp³-hybridized carbons (Fsp3) is 0.364. The maximum absolute atomic E-state index is 12.2. The summed E-state index contributed by atoms with van der Waals surface area (Å²) in [6, 6.07) is 2.58. The van der Waals surface area contributed by atoms with Gasteiger partial charge in [0.05, 0.1) is 29.5 Å². The lowest BCUT2D eigenvalue weighted by Gasteiger charge is -2.18. The molecule has 4 N–H and O–H groups in total. The van der Waals surface area contributed by atoms with Crippen molar-refractivity contribution in [2.75, 3.05) is 11.1 Å². The molecule has 0 saturated heterocycles. The Hall–Kier alpha value is -1.92. The molecule has 7 heteroatoms. The van der Waals surface area contributed by atoms with Crippen LogP contribution in [0.15, 0.2) is 18.3 Å². The molecule has 2 aromatic rings. The number of benzene rings is 1. The zero-order valence-corrected chi connectivity index (χ0v) is 9.67. The van der Waals surface area contributed by atoms with Crippen molar-refractivity contribution < 1.29 is 13.2 Å². The van der Waals surface area contributed by atoms with Gasteiger partial charge in [-0.15, -0.1) is 0 Å². The van der Waals surface area contributed by atoms with E-state index in [2.05, 4.69) is 15.5 Å². The number of nitrogen functional groups attached to an aromatic ring is 1. The van der Waals surface area contributed by atoms with Crippen molar-refractivity contribution >= 4 is 22.3 Å². The summed E-state index contributed by atoms with van der Waals surface area (Å²) in [6.45, 7) is 1.46. The standard InChI is InChI=1S/C11H13F3N4/c1-6(4-11(12,13)14)17-10-3-9-7(2-8(10)15)5-16-18-9/h2-3,5-6,17H,4,15H2,1H3,(H,16,18). The maximum Gasteiger partial charge on any atom is 0.391 e. The van der Waals surface area contributed by atoms with Crippen LogP contribution in [0.1, 0.15) is 13.3 Å². The minimum absolute atomic E-state index is 0.401. The van der Waals surface area contributed by atoms with Gasteiger partial charge in [-0.25, -0.2) is 0 Å². The molecule has 1 aromatic heterocycles. The summed E-state index contributed by atoms with van der Waals surface area (Å²) < 4.78 is 36.7. The van der Waals surface area contributed by atoms with E-state index in [1.54, 1.807) is 18.3 Å². The highest BCUT2D eigenvalue weighted by Crippen LogP contribution is 2.28. The second kappa shape index (κ2) is 4.40. The van der Waals surface area contributed by atoms with Gasteiger partial charge in [-0.1, -0.05) is 0 Å². The lowest BCUT2D eigenvalue weighted by molar-refractivity contribution is -0.136. The van der Waals surface area contributed by atoms with Crippen molar-refractivity contribution in [3.8, 4) is 0 Å². The number of halogens is 3. The predicted molar refractivity (Wildman–Crippen MR) is 64.3 cm³/mol. The molecule has 0 amide bonds. The average molecular weight is 258 g/mol. The Bertz CT molecular complexity index is 547. The van der Waals surface area contributed by atoms with E-state index in [1.165, 1.54) is 6.92 Å². The first-order valence-electron chi connectivity index (χ1n) is 5.41. The van der Waals surface area contributed by atoms with E-state index in [4.69, 9.17) is 5.73 Å². The second-order valence-corrected chi connectivity index (χ2v) is 4.26. The Morgan fingerprint density at radius 3 is 2.83 bits per heavy atom. The molecule has 4 nitrogen and oxygen atoms in total. The zero-order valence-electron chi connectivity index (χ0n) is 9.67. The van der Waals surface area contributed by atoms with Crippen LogP contribution in [0.2, 0.25) is 0 Å². The zero-order chi connectivity index (χ0) is 13.3. The summed E-state index contributed by atoms with van der Waals surface area (Å²) in [5.41, 5.74) is 7.38. The van der Waals surface area contributed by atoms with Crippen LogP contribution in [0.25, 0.3) is 10.9 Å². The molecule has 1 atom stereocenters. The quantitative estimate of drug-likeness (QED) is 0.741. The van der Waals surface area contributed by atoms with Gasteiger partial charge in [0.2, 0.25) is 0 Å². The molecule has 0 spiro atoms. The first-order valence-corrected chi connectivity index (χ1v) is 5.41. The summed E-state index contributed by atoms with van der Waals surface area (Å²) in [7, 11) is 0. The Morgan fingerprint density at radius 1 is 1.44 bits per heavy atom. The molecule has 1 heterocycles. The van der Waals surface area contributed by atoms with Gasteiger partial charge >= 0.3 is 6.18 Å². The fourth-order valence-electron chi connectivity index (χ4n) is 1.80. The number of nitrogens with one attached hydrogen (secondary N) is 2. The van der Waals surface area contributed by atoms with Crippen LogP contribution in [-0.4, -0.2) is 22.4 Å². The summed E-state index contributed by atoms with van der Waals surface area (Å²) in [6.07, 6.45) is -3.50. The molecule has 0 bridgehead atoms. The van der Waals surface area contributed by atoms with Crippen molar-refractivity contribution in [1.82, 2.24) is 10.2 Å². The average Bonchev–Trinajstić information content (AvgIpc) is 2.62. The Balaban J connectivity index is 2.18. The molecule has 0 aliphatic carbocycles. The minimum atomic E-state index is -4.20. The topological polar surface area (TPSA) is 66.7 Å². The van der Waals surface area contributed by atoms with Gasteiger partial charge in [-0.3, -0.25) is 5.10 Å². The summed E-state index contributed by atoms with van der Waals surface area (Å²) in [4.78, 5) is 0. The number of nitrogens with two attached hydrogens (primary N) is 1. The molecule has 1 aromatic carbocycles. The lowest BCUT2D eigenvalue weighted by Crippen LogP contribution is -2.24. The van der Waals surface area contributed by atoms with Crippen LogP contribution in [-0.2, 0) is 0 Å². The molecule has 0 aliphatic rings. The largest absolute Gasteiger partial charge is 0.397 e. The van der Waals surface area contributed by atoms with Crippen LogP contribution in [0, 0.1) is 0 Å². The van der Waals surface area contributed by atoms with E-state index < -0.39 is 18.6 Å². The number of rotatable bonds is 3. The number of alkyl halides is 3. The van der Waals surface area contributed by atoms with Crippen LogP contribution in [0.4, 0.5) is 24.5 Å². The van der Waals surface area contributed by atoms with Gasteiger partial charge in [0.25, 0.3) is 0 Å². The first-order chi connectivity index (χ1) is 8.35. The van der Waals surface area contributed by atoms with Gasteiger partial charge in [0.15, 0.2) is 0 Å². The number of anilines is 2. The number of aromatic nitrogens is 2. The van der Waals surface area contributed by atoms with Crippen LogP contribution < -0.4 is 11.1 Å². The Morgan fingerprint density at radius 2 is 2.17 bits per heavy atom. The van der Waals surface area contributed by atoms with E-state index in [0.717, 1.165) is 10.9 Å². The summed E-state index contributed by atoms with van der Waals surface area (Å²) >= 11 is 0. The van der Waals surface area contributed by atoms with Crippen molar-refractivity contribution in [1.29, 1.82) is 0 Å². The Labute approximate surface area is 101 Å². The highest BCUT2D eigenvalue weighted by molar-refractivity contribution is 5.88. The lowest BCUT2D eigenvalue weighted by atomic mass is 10.1. The van der Waals surface area contributed by atoms with E-state index in [9.17, 15) is 13.2 Å². The number of fused-ring (bicyclic) bond motifs is 1. The molecule has 0 radical (unpaired) electrons. The van der Waals surface area contributed by atoms with Gasteiger partial charge in [-0.05, 0) is 19.1 Å². The highest BCUT2D eigenvalue weighted by atomic mass is 19.4. The summed E-state index contributed by atoms with van der Waals surface area (Å²) in [5.74, 6) is 0. The molecule has 2 rings (SSSR count). The van der Waals surface area contributed by atoms with Gasteiger partial charge < -0.3 is 11.1 Å². The third kappa shape index (κ3) is 2.85. The van der Waals surface area contributed by atoms with E-state index in [0.29, 0.717) is 11.4 Å². The monoisotopic (exact) mass is 258 g/mol.